The van der Waals surface area contributed by atoms with Gasteiger partial charge in [0, 0.05) is 24.2 Å². The summed E-state index contributed by atoms with van der Waals surface area (Å²) in [5.74, 6) is 0.851. The number of hydrogen-bond acceptors (Lipinski definition) is 6. The second kappa shape index (κ2) is 9.11. The highest BCUT2D eigenvalue weighted by Gasteiger charge is 2.63. The number of rotatable bonds is 7. The van der Waals surface area contributed by atoms with E-state index in [9.17, 15) is 9.90 Å². The Kier molecular flexibility index (Phi) is 6.77. The topological polar surface area (TPSA) is 74.2 Å². The first-order chi connectivity index (χ1) is 15.2. The van der Waals surface area contributed by atoms with Crippen LogP contribution in [0.4, 0.5) is 0 Å². The summed E-state index contributed by atoms with van der Waals surface area (Å²) in [6.07, 6.45) is 7.92. The van der Waals surface area contributed by atoms with Crippen molar-refractivity contribution in [1.82, 2.24) is 0 Å². The fraction of sp³-hybridized carbons (Fsp3) is 0.808. The van der Waals surface area contributed by atoms with Gasteiger partial charge < -0.3 is 19.5 Å². The molecule has 1 saturated heterocycles. The Bertz CT molecular complexity index is 761. The highest BCUT2D eigenvalue weighted by Crippen LogP contribution is 2.62. The van der Waals surface area contributed by atoms with E-state index in [1.807, 2.05) is 6.92 Å². The molecule has 32 heavy (non-hydrogen) atoms. The first kappa shape index (κ1) is 23.8. The SMILES string of the molecule is C=C(CCC)OO[C@H]1CC[C@@]2(C)C(=C[C@H](O)C3C2CC[C@@]2(C)C3OC[C@@H]2OC(=O)CC)C1. The Balaban J connectivity index is 1.49. The molecule has 8 atom stereocenters. The number of esters is 1. The number of aliphatic hydroxyl groups is 1. The molecule has 0 radical (unpaired) electrons. The molecule has 3 unspecified atom stereocenters. The lowest BCUT2D eigenvalue weighted by Gasteiger charge is -2.57. The van der Waals surface area contributed by atoms with Crippen LogP contribution in [0.15, 0.2) is 24.0 Å². The van der Waals surface area contributed by atoms with E-state index in [4.69, 9.17) is 19.2 Å². The first-order valence-electron chi connectivity index (χ1n) is 12.4. The highest BCUT2D eigenvalue weighted by atomic mass is 17.2. The summed E-state index contributed by atoms with van der Waals surface area (Å²) >= 11 is 0. The maximum Gasteiger partial charge on any atom is 0.305 e. The largest absolute Gasteiger partial charge is 0.459 e. The van der Waals surface area contributed by atoms with E-state index in [1.54, 1.807) is 0 Å². The van der Waals surface area contributed by atoms with Crippen molar-refractivity contribution in [2.75, 3.05) is 6.61 Å². The normalized spacial score (nSPS) is 42.8. The number of carbonyl (C=O) groups is 1. The van der Waals surface area contributed by atoms with Gasteiger partial charge in [0.1, 0.15) is 18.0 Å². The van der Waals surface area contributed by atoms with E-state index in [0.29, 0.717) is 24.7 Å². The van der Waals surface area contributed by atoms with E-state index in [1.165, 1.54) is 5.57 Å². The molecule has 3 aliphatic carbocycles. The van der Waals surface area contributed by atoms with E-state index in [0.717, 1.165) is 44.9 Å². The van der Waals surface area contributed by atoms with Crippen molar-refractivity contribution in [2.45, 2.75) is 103 Å². The molecule has 0 aromatic carbocycles. The molecule has 180 valence electrons. The predicted octanol–water partition coefficient (Wildman–Crippen LogP) is 4.86. The van der Waals surface area contributed by atoms with Crippen LogP contribution in [0.3, 0.4) is 0 Å². The minimum absolute atomic E-state index is 0.0129. The molecule has 0 bridgehead atoms. The lowest BCUT2D eigenvalue weighted by molar-refractivity contribution is -0.301. The summed E-state index contributed by atoms with van der Waals surface area (Å²) in [6, 6.07) is 0. The minimum atomic E-state index is -0.567. The zero-order valence-electron chi connectivity index (χ0n) is 20.1. The lowest BCUT2D eigenvalue weighted by atomic mass is 9.49. The summed E-state index contributed by atoms with van der Waals surface area (Å²) in [5, 5.41) is 11.3. The monoisotopic (exact) mass is 448 g/mol. The average molecular weight is 449 g/mol. The van der Waals surface area contributed by atoms with Crippen LogP contribution in [0.2, 0.25) is 0 Å². The fourth-order valence-corrected chi connectivity index (χ4v) is 6.79. The van der Waals surface area contributed by atoms with Gasteiger partial charge in [-0.05, 0) is 49.9 Å². The van der Waals surface area contributed by atoms with Gasteiger partial charge >= 0.3 is 5.97 Å². The van der Waals surface area contributed by atoms with Crippen LogP contribution >= 0.6 is 0 Å². The average Bonchev–Trinajstić information content (AvgIpc) is 3.09. The van der Waals surface area contributed by atoms with Gasteiger partial charge in [-0.2, -0.15) is 4.89 Å². The fourth-order valence-electron chi connectivity index (χ4n) is 6.79. The van der Waals surface area contributed by atoms with Gasteiger partial charge in [-0.1, -0.05) is 45.9 Å². The molecule has 6 nitrogen and oxygen atoms in total. The third-order valence-corrected chi connectivity index (χ3v) is 8.77. The Morgan fingerprint density at radius 3 is 2.78 bits per heavy atom. The second-order valence-electron chi connectivity index (χ2n) is 10.7. The standard InChI is InChI=1S/C26H40O6/c1-6-8-16(3)31-32-18-9-11-25(4)17(13-18)14-20(27)23-19(25)10-12-26(5)21(15-29-24(23)26)30-22(28)7-2/h14,18-21,23-24,27H,3,6-13,15H2,1-2,4-5H3/t18-,19?,20-,21-,23?,24?,25-,26+/m0/s1. The van der Waals surface area contributed by atoms with Gasteiger partial charge in [-0.25, -0.2) is 0 Å². The molecule has 1 heterocycles. The Labute approximate surface area is 192 Å². The Morgan fingerprint density at radius 2 is 2.06 bits per heavy atom. The smallest absolute Gasteiger partial charge is 0.305 e. The maximum atomic E-state index is 12.0. The molecule has 4 rings (SSSR count). The summed E-state index contributed by atoms with van der Waals surface area (Å²) in [7, 11) is 0. The third kappa shape index (κ3) is 4.03. The Hall–Kier alpha value is -1.37. The molecular formula is C26H40O6. The molecule has 6 heteroatoms. The van der Waals surface area contributed by atoms with Crippen LogP contribution in [0.25, 0.3) is 0 Å². The molecule has 3 fully saturated rings. The van der Waals surface area contributed by atoms with Gasteiger partial charge in [0.25, 0.3) is 0 Å². The molecule has 0 aromatic heterocycles. The molecule has 1 N–H and O–H groups in total. The van der Waals surface area contributed by atoms with E-state index in [-0.39, 0.29) is 41.0 Å². The second-order valence-corrected chi connectivity index (χ2v) is 10.7. The highest BCUT2D eigenvalue weighted by molar-refractivity contribution is 5.69. The van der Waals surface area contributed by atoms with E-state index < -0.39 is 6.10 Å². The maximum absolute atomic E-state index is 12.0. The number of ether oxygens (including phenoxy) is 2. The minimum Gasteiger partial charge on any atom is -0.459 e. The van der Waals surface area contributed by atoms with Gasteiger partial charge in [0.2, 0.25) is 0 Å². The van der Waals surface area contributed by atoms with Crippen molar-refractivity contribution < 1.29 is 29.1 Å². The zero-order chi connectivity index (χ0) is 23.1. The van der Waals surface area contributed by atoms with Crippen LogP contribution in [0.5, 0.6) is 0 Å². The van der Waals surface area contributed by atoms with Crippen LogP contribution in [-0.4, -0.2) is 42.1 Å². The van der Waals surface area contributed by atoms with Gasteiger partial charge in [0.15, 0.2) is 0 Å². The summed E-state index contributed by atoms with van der Waals surface area (Å²) in [6.45, 7) is 12.8. The van der Waals surface area contributed by atoms with Crippen molar-refractivity contribution in [3.63, 3.8) is 0 Å². The molecule has 4 aliphatic rings. The van der Waals surface area contributed by atoms with Crippen molar-refractivity contribution >= 4 is 5.97 Å². The third-order valence-electron chi connectivity index (χ3n) is 8.77. The van der Waals surface area contributed by atoms with Crippen LogP contribution in [0.1, 0.15) is 79.1 Å². The summed E-state index contributed by atoms with van der Waals surface area (Å²) < 4.78 is 12.0. The predicted molar refractivity (Wildman–Crippen MR) is 120 cm³/mol. The summed E-state index contributed by atoms with van der Waals surface area (Å²) in [4.78, 5) is 23.1. The van der Waals surface area contributed by atoms with E-state index in [2.05, 4.69) is 33.4 Å². The van der Waals surface area contributed by atoms with Gasteiger partial charge in [-0.3, -0.25) is 4.79 Å². The number of allylic oxidation sites excluding steroid dienone is 1. The first-order valence-corrected chi connectivity index (χ1v) is 12.4. The van der Waals surface area contributed by atoms with Crippen LogP contribution in [-0.2, 0) is 24.0 Å². The molecule has 1 aliphatic heterocycles. The summed E-state index contributed by atoms with van der Waals surface area (Å²) in [5.41, 5.74) is 1.05. The van der Waals surface area contributed by atoms with Crippen molar-refractivity contribution in [1.29, 1.82) is 0 Å². The van der Waals surface area contributed by atoms with E-state index >= 15 is 0 Å². The van der Waals surface area contributed by atoms with Gasteiger partial charge in [-0.15, -0.1) is 0 Å². The number of aliphatic hydroxyl groups excluding tert-OH is 1. The van der Waals surface area contributed by atoms with Crippen LogP contribution in [0, 0.1) is 22.7 Å². The Morgan fingerprint density at radius 1 is 1.28 bits per heavy atom. The quantitative estimate of drug-likeness (QED) is 0.197. The lowest BCUT2D eigenvalue weighted by Crippen LogP contribution is -2.58. The van der Waals surface area contributed by atoms with Gasteiger partial charge in [0.05, 0.1) is 18.8 Å². The number of fused-ring (bicyclic) bond motifs is 5. The van der Waals surface area contributed by atoms with Crippen molar-refractivity contribution in [3.05, 3.63) is 24.0 Å². The molecular weight excluding hydrogens is 408 g/mol. The molecule has 0 spiro atoms. The number of carbonyl (C=O) groups excluding carboxylic acids is 1. The molecule has 0 aromatic rings. The van der Waals surface area contributed by atoms with Crippen molar-refractivity contribution in [2.24, 2.45) is 22.7 Å². The van der Waals surface area contributed by atoms with Crippen LogP contribution < -0.4 is 0 Å². The van der Waals surface area contributed by atoms with Crippen molar-refractivity contribution in [3.8, 4) is 0 Å². The molecule has 0 amide bonds. The zero-order valence-corrected chi connectivity index (χ0v) is 20.1. The molecule has 2 saturated carbocycles. The number of hydrogen-bond donors (Lipinski definition) is 1.